The van der Waals surface area contributed by atoms with E-state index in [1.165, 1.54) is 0 Å². The molecule has 2 atom stereocenters. The molecular weight excluding hydrogens is 272 g/mol. The van der Waals surface area contributed by atoms with E-state index in [4.69, 9.17) is 4.74 Å². The number of carbonyl (C=O) groups excluding carboxylic acids is 1. The molecule has 1 saturated heterocycles. The van der Waals surface area contributed by atoms with Crippen molar-refractivity contribution in [3.63, 3.8) is 0 Å². The highest BCUT2D eigenvalue weighted by Crippen LogP contribution is 2.13. The van der Waals surface area contributed by atoms with Gasteiger partial charge in [-0.15, -0.1) is 0 Å². The van der Waals surface area contributed by atoms with Gasteiger partial charge in [0, 0.05) is 13.2 Å². The second-order valence-electron chi connectivity index (χ2n) is 5.02. The van der Waals surface area contributed by atoms with Crippen LogP contribution in [0, 0.1) is 0 Å². The fourth-order valence-corrected chi connectivity index (χ4v) is 2.29. The van der Waals surface area contributed by atoms with Gasteiger partial charge in [-0.1, -0.05) is 30.3 Å². The number of carboxylic acids is 1. The molecule has 0 saturated carbocycles. The number of nitrogens with one attached hydrogen (secondary N) is 2. The molecular formula is C15H20N2O4. The van der Waals surface area contributed by atoms with Crippen LogP contribution in [-0.4, -0.2) is 36.4 Å². The van der Waals surface area contributed by atoms with Gasteiger partial charge in [0.25, 0.3) is 0 Å². The van der Waals surface area contributed by atoms with E-state index in [0.717, 1.165) is 25.9 Å². The summed E-state index contributed by atoms with van der Waals surface area (Å²) in [4.78, 5) is 23.1. The molecule has 0 radical (unpaired) electrons. The molecule has 1 heterocycles. The van der Waals surface area contributed by atoms with E-state index in [0.29, 0.717) is 12.1 Å². The third kappa shape index (κ3) is 4.75. The topological polar surface area (TPSA) is 87.7 Å². The van der Waals surface area contributed by atoms with Gasteiger partial charge in [-0.05, 0) is 24.8 Å². The van der Waals surface area contributed by atoms with Crippen LogP contribution in [0.1, 0.15) is 30.9 Å². The molecule has 21 heavy (non-hydrogen) atoms. The van der Waals surface area contributed by atoms with E-state index in [2.05, 4.69) is 10.6 Å². The monoisotopic (exact) mass is 292 g/mol. The number of urea groups is 1. The van der Waals surface area contributed by atoms with E-state index < -0.39 is 18.0 Å². The first-order chi connectivity index (χ1) is 10.2. The third-order valence-corrected chi connectivity index (χ3v) is 3.42. The maximum absolute atomic E-state index is 11.8. The smallest absolute Gasteiger partial charge is 0.330 e. The highest BCUT2D eigenvalue weighted by molar-refractivity contribution is 5.83. The van der Waals surface area contributed by atoms with Crippen molar-refractivity contribution in [1.29, 1.82) is 0 Å². The standard InChI is InChI=1S/C15H20N2O4/c18-14(19)13(11-6-2-1-3-7-11)17-15(20)16-10-12-8-4-5-9-21-12/h1-3,6-7,12-13H,4-5,8-10H2,(H,18,19)(H2,16,17,20). The van der Waals surface area contributed by atoms with E-state index in [1.807, 2.05) is 0 Å². The average molecular weight is 292 g/mol. The fraction of sp³-hybridized carbons (Fsp3) is 0.467. The van der Waals surface area contributed by atoms with Crippen molar-refractivity contribution < 1.29 is 19.4 Å². The van der Waals surface area contributed by atoms with E-state index in [9.17, 15) is 14.7 Å². The summed E-state index contributed by atoms with van der Waals surface area (Å²) in [6.45, 7) is 1.11. The van der Waals surface area contributed by atoms with Gasteiger partial charge < -0.3 is 20.5 Å². The normalized spacial score (nSPS) is 19.5. The summed E-state index contributed by atoms with van der Waals surface area (Å²) in [5, 5.41) is 14.4. The lowest BCUT2D eigenvalue weighted by Crippen LogP contribution is -2.44. The summed E-state index contributed by atoms with van der Waals surface area (Å²) in [7, 11) is 0. The van der Waals surface area contributed by atoms with E-state index in [1.54, 1.807) is 30.3 Å². The lowest BCUT2D eigenvalue weighted by molar-refractivity contribution is -0.139. The van der Waals surface area contributed by atoms with Crippen LogP contribution in [0.2, 0.25) is 0 Å². The minimum Gasteiger partial charge on any atom is -0.479 e. The fourth-order valence-electron chi connectivity index (χ4n) is 2.29. The number of amides is 2. The Bertz CT molecular complexity index is 472. The maximum Gasteiger partial charge on any atom is 0.330 e. The van der Waals surface area contributed by atoms with Crippen LogP contribution in [-0.2, 0) is 9.53 Å². The molecule has 6 nitrogen and oxygen atoms in total. The van der Waals surface area contributed by atoms with Crippen molar-refractivity contribution in [1.82, 2.24) is 10.6 Å². The number of rotatable bonds is 5. The summed E-state index contributed by atoms with van der Waals surface area (Å²) in [5.74, 6) is -1.09. The van der Waals surface area contributed by atoms with Gasteiger partial charge in [0.15, 0.2) is 6.04 Å². The molecule has 6 heteroatoms. The van der Waals surface area contributed by atoms with Crippen LogP contribution in [0.5, 0.6) is 0 Å². The first-order valence-electron chi connectivity index (χ1n) is 7.10. The summed E-state index contributed by atoms with van der Waals surface area (Å²) in [6, 6.07) is 7.05. The highest BCUT2D eigenvalue weighted by atomic mass is 16.5. The number of aliphatic carboxylic acids is 1. The number of ether oxygens (including phenoxy) is 1. The summed E-state index contributed by atoms with van der Waals surface area (Å²) in [5.41, 5.74) is 0.536. The summed E-state index contributed by atoms with van der Waals surface area (Å²) >= 11 is 0. The molecule has 0 bridgehead atoms. The Morgan fingerprint density at radius 1 is 1.29 bits per heavy atom. The Hall–Kier alpha value is -2.08. The molecule has 1 aromatic rings. The number of carboxylic acid groups (broad SMARTS) is 1. The molecule has 3 N–H and O–H groups in total. The molecule has 1 aliphatic rings. The highest BCUT2D eigenvalue weighted by Gasteiger charge is 2.22. The summed E-state index contributed by atoms with van der Waals surface area (Å²) in [6.07, 6.45) is 3.08. The first-order valence-corrected chi connectivity index (χ1v) is 7.10. The van der Waals surface area contributed by atoms with Gasteiger partial charge in [0.05, 0.1) is 6.10 Å². The zero-order valence-corrected chi connectivity index (χ0v) is 11.7. The van der Waals surface area contributed by atoms with Crippen LogP contribution in [0.3, 0.4) is 0 Å². The quantitative estimate of drug-likeness (QED) is 0.770. The predicted molar refractivity (Wildman–Crippen MR) is 76.9 cm³/mol. The summed E-state index contributed by atoms with van der Waals surface area (Å²) < 4.78 is 5.51. The van der Waals surface area contributed by atoms with Gasteiger partial charge >= 0.3 is 12.0 Å². The molecule has 2 amide bonds. The van der Waals surface area contributed by atoms with Crippen molar-refractivity contribution in [2.45, 2.75) is 31.4 Å². The molecule has 114 valence electrons. The third-order valence-electron chi connectivity index (χ3n) is 3.42. The van der Waals surface area contributed by atoms with Crippen molar-refractivity contribution in [2.75, 3.05) is 13.2 Å². The minimum atomic E-state index is -1.09. The van der Waals surface area contributed by atoms with Gasteiger partial charge in [0.2, 0.25) is 0 Å². The molecule has 1 fully saturated rings. The lowest BCUT2D eigenvalue weighted by atomic mass is 10.1. The molecule has 2 unspecified atom stereocenters. The molecule has 1 aromatic carbocycles. The van der Waals surface area contributed by atoms with Crippen molar-refractivity contribution >= 4 is 12.0 Å². The Kier molecular flexibility index (Phi) is 5.57. The van der Waals surface area contributed by atoms with E-state index >= 15 is 0 Å². The Morgan fingerprint density at radius 2 is 2.05 bits per heavy atom. The lowest BCUT2D eigenvalue weighted by Gasteiger charge is -2.23. The van der Waals surface area contributed by atoms with Crippen molar-refractivity contribution in [2.24, 2.45) is 0 Å². The Balaban J connectivity index is 1.85. The number of benzene rings is 1. The maximum atomic E-state index is 11.8. The van der Waals surface area contributed by atoms with Crippen LogP contribution in [0.4, 0.5) is 4.79 Å². The van der Waals surface area contributed by atoms with Crippen LogP contribution < -0.4 is 10.6 Å². The molecule has 1 aliphatic heterocycles. The molecule has 0 spiro atoms. The van der Waals surface area contributed by atoms with Crippen LogP contribution in [0.15, 0.2) is 30.3 Å². The minimum absolute atomic E-state index is 0.0181. The largest absolute Gasteiger partial charge is 0.479 e. The van der Waals surface area contributed by atoms with E-state index in [-0.39, 0.29) is 6.10 Å². The van der Waals surface area contributed by atoms with Gasteiger partial charge in [-0.2, -0.15) is 0 Å². The van der Waals surface area contributed by atoms with Gasteiger partial charge in [0.1, 0.15) is 0 Å². The molecule has 2 rings (SSSR count). The Labute approximate surface area is 123 Å². The second-order valence-corrected chi connectivity index (χ2v) is 5.02. The van der Waals surface area contributed by atoms with Crippen molar-refractivity contribution in [3.05, 3.63) is 35.9 Å². The number of hydrogen-bond acceptors (Lipinski definition) is 3. The second kappa shape index (κ2) is 7.64. The van der Waals surface area contributed by atoms with Gasteiger partial charge in [-0.3, -0.25) is 0 Å². The predicted octanol–water partition coefficient (Wildman–Crippen LogP) is 1.68. The Morgan fingerprint density at radius 3 is 2.67 bits per heavy atom. The molecule has 0 aromatic heterocycles. The molecule has 0 aliphatic carbocycles. The zero-order valence-electron chi connectivity index (χ0n) is 11.7. The number of carbonyl (C=O) groups is 2. The SMILES string of the molecule is O=C(NCC1CCCCO1)NC(C(=O)O)c1ccccc1. The first kappa shape index (κ1) is 15.3. The van der Waals surface area contributed by atoms with Crippen LogP contribution >= 0.6 is 0 Å². The van der Waals surface area contributed by atoms with Crippen LogP contribution in [0.25, 0.3) is 0 Å². The van der Waals surface area contributed by atoms with Crippen molar-refractivity contribution in [3.8, 4) is 0 Å². The van der Waals surface area contributed by atoms with Gasteiger partial charge in [-0.25, -0.2) is 9.59 Å². The number of hydrogen-bond donors (Lipinski definition) is 3. The zero-order chi connectivity index (χ0) is 15.1. The average Bonchev–Trinajstić information content (AvgIpc) is 2.52.